The summed E-state index contributed by atoms with van der Waals surface area (Å²) in [5.41, 5.74) is 1.22. The number of rotatable bonds is 6. The van der Waals surface area contributed by atoms with Crippen molar-refractivity contribution in [3.8, 4) is 0 Å². The fourth-order valence-corrected chi connectivity index (χ4v) is 1.96. The number of anilines is 1. The summed E-state index contributed by atoms with van der Waals surface area (Å²) in [6.07, 6.45) is 2.96. The summed E-state index contributed by atoms with van der Waals surface area (Å²) < 4.78 is 18.1. The molecule has 1 fully saturated rings. The average Bonchev–Trinajstić information content (AvgIpc) is 3.15. The monoisotopic (exact) mass is 237 g/mol. The molecule has 0 atom stereocenters. The number of aldehydes is 1. The zero-order chi connectivity index (χ0) is 12.3. The van der Waals surface area contributed by atoms with Crippen LogP contribution in [0, 0.1) is 5.82 Å². The van der Waals surface area contributed by atoms with E-state index in [0.29, 0.717) is 24.5 Å². The number of carbonyl (C=O) groups excluding carboxylic acids is 1. The molecule has 2 rings (SSSR count). The third-order valence-corrected chi connectivity index (χ3v) is 2.95. The first kappa shape index (κ1) is 12.0. The topological polar surface area (TPSA) is 29.5 Å². The van der Waals surface area contributed by atoms with Crippen LogP contribution in [0.25, 0.3) is 0 Å². The van der Waals surface area contributed by atoms with E-state index in [9.17, 15) is 9.18 Å². The van der Waals surface area contributed by atoms with Crippen LogP contribution < -0.4 is 4.90 Å². The van der Waals surface area contributed by atoms with Gasteiger partial charge in [0.1, 0.15) is 5.82 Å². The first-order valence-electron chi connectivity index (χ1n) is 5.76. The second kappa shape index (κ2) is 5.27. The van der Waals surface area contributed by atoms with Gasteiger partial charge in [-0.1, -0.05) is 0 Å². The van der Waals surface area contributed by atoms with Gasteiger partial charge in [-0.2, -0.15) is 0 Å². The molecule has 1 aliphatic carbocycles. The van der Waals surface area contributed by atoms with Crippen molar-refractivity contribution in [3.05, 3.63) is 29.6 Å². The van der Waals surface area contributed by atoms with Gasteiger partial charge in [0, 0.05) is 30.9 Å². The summed E-state index contributed by atoms with van der Waals surface area (Å²) in [7, 11) is 1.65. The van der Waals surface area contributed by atoms with E-state index < -0.39 is 0 Å². The number of nitrogens with zero attached hydrogens (tertiary/aromatic N) is 1. The molecule has 0 radical (unpaired) electrons. The van der Waals surface area contributed by atoms with Crippen molar-refractivity contribution in [1.82, 2.24) is 0 Å². The highest BCUT2D eigenvalue weighted by Gasteiger charge is 2.30. The quantitative estimate of drug-likeness (QED) is 0.711. The molecule has 3 nitrogen and oxygen atoms in total. The Morgan fingerprint density at radius 1 is 1.53 bits per heavy atom. The van der Waals surface area contributed by atoms with Gasteiger partial charge in [0.25, 0.3) is 0 Å². The first-order valence-corrected chi connectivity index (χ1v) is 5.76. The van der Waals surface area contributed by atoms with E-state index in [1.165, 1.54) is 12.1 Å². The fraction of sp³-hybridized carbons (Fsp3) is 0.462. The molecule has 17 heavy (non-hydrogen) atoms. The predicted molar refractivity (Wildman–Crippen MR) is 64.0 cm³/mol. The Morgan fingerprint density at radius 2 is 2.29 bits per heavy atom. The van der Waals surface area contributed by atoms with Crippen LogP contribution in [0.4, 0.5) is 10.1 Å². The van der Waals surface area contributed by atoms with Gasteiger partial charge in [0.05, 0.1) is 6.61 Å². The molecule has 0 unspecified atom stereocenters. The SMILES string of the molecule is COCCN(c1ccc(F)cc1C=O)C1CC1. The molecule has 0 spiro atoms. The second-order valence-electron chi connectivity index (χ2n) is 4.24. The summed E-state index contributed by atoms with van der Waals surface area (Å²) in [5.74, 6) is -0.377. The maximum atomic E-state index is 13.1. The van der Waals surface area contributed by atoms with Gasteiger partial charge < -0.3 is 9.64 Å². The fourth-order valence-electron chi connectivity index (χ4n) is 1.96. The summed E-state index contributed by atoms with van der Waals surface area (Å²) in [5, 5.41) is 0. The largest absolute Gasteiger partial charge is 0.383 e. The number of hydrogen-bond donors (Lipinski definition) is 0. The second-order valence-corrected chi connectivity index (χ2v) is 4.24. The van der Waals surface area contributed by atoms with Gasteiger partial charge in [-0.05, 0) is 31.0 Å². The van der Waals surface area contributed by atoms with Crippen molar-refractivity contribution in [2.75, 3.05) is 25.2 Å². The highest BCUT2D eigenvalue weighted by Crippen LogP contribution is 2.33. The molecule has 0 aromatic heterocycles. The van der Waals surface area contributed by atoms with E-state index in [0.717, 1.165) is 25.1 Å². The number of benzene rings is 1. The van der Waals surface area contributed by atoms with E-state index >= 15 is 0 Å². The summed E-state index contributed by atoms with van der Waals surface area (Å²) in [6.45, 7) is 1.33. The van der Waals surface area contributed by atoms with Crippen LogP contribution in [-0.2, 0) is 4.74 Å². The lowest BCUT2D eigenvalue weighted by atomic mass is 10.1. The molecule has 1 aromatic rings. The molecular formula is C13H16FNO2. The van der Waals surface area contributed by atoms with Crippen molar-refractivity contribution < 1.29 is 13.9 Å². The van der Waals surface area contributed by atoms with Gasteiger partial charge in [-0.3, -0.25) is 4.79 Å². The van der Waals surface area contributed by atoms with Crippen molar-refractivity contribution in [2.45, 2.75) is 18.9 Å². The third-order valence-electron chi connectivity index (χ3n) is 2.95. The number of hydrogen-bond acceptors (Lipinski definition) is 3. The molecule has 0 amide bonds. The number of methoxy groups -OCH3 is 1. The normalized spacial score (nSPS) is 14.7. The van der Waals surface area contributed by atoms with E-state index in [-0.39, 0.29) is 5.82 Å². The van der Waals surface area contributed by atoms with Crippen LogP contribution in [0.3, 0.4) is 0 Å². The molecule has 0 saturated heterocycles. The minimum Gasteiger partial charge on any atom is -0.383 e. The smallest absolute Gasteiger partial charge is 0.152 e. The van der Waals surface area contributed by atoms with E-state index in [1.54, 1.807) is 13.2 Å². The van der Waals surface area contributed by atoms with Gasteiger partial charge in [-0.25, -0.2) is 4.39 Å². The van der Waals surface area contributed by atoms with E-state index in [1.807, 2.05) is 0 Å². The highest BCUT2D eigenvalue weighted by atomic mass is 19.1. The van der Waals surface area contributed by atoms with Crippen LogP contribution in [0.1, 0.15) is 23.2 Å². The Hall–Kier alpha value is -1.42. The van der Waals surface area contributed by atoms with Crippen molar-refractivity contribution >= 4 is 12.0 Å². The first-order chi connectivity index (χ1) is 8.26. The molecule has 0 N–H and O–H groups in total. The van der Waals surface area contributed by atoms with Gasteiger partial charge in [-0.15, -0.1) is 0 Å². The Balaban J connectivity index is 2.24. The Labute approximate surface area is 100 Å². The van der Waals surface area contributed by atoms with Gasteiger partial charge in [0.2, 0.25) is 0 Å². The maximum Gasteiger partial charge on any atom is 0.152 e. The lowest BCUT2D eigenvalue weighted by Gasteiger charge is -2.25. The molecule has 0 heterocycles. The lowest BCUT2D eigenvalue weighted by Crippen LogP contribution is -2.30. The van der Waals surface area contributed by atoms with Crippen LogP contribution in [-0.4, -0.2) is 32.6 Å². The standard InChI is InChI=1S/C13H16FNO2/c1-17-7-6-15(12-3-4-12)13-5-2-11(14)8-10(13)9-16/h2,5,8-9,12H,3-4,6-7H2,1H3. The highest BCUT2D eigenvalue weighted by molar-refractivity contribution is 5.84. The molecule has 92 valence electrons. The molecule has 1 aromatic carbocycles. The van der Waals surface area contributed by atoms with Gasteiger partial charge in [0.15, 0.2) is 6.29 Å². The Bertz CT molecular complexity index is 404. The van der Waals surface area contributed by atoms with Crippen LogP contribution in [0.5, 0.6) is 0 Å². The summed E-state index contributed by atoms with van der Waals surface area (Å²) in [6, 6.07) is 4.82. The van der Waals surface area contributed by atoms with E-state index in [4.69, 9.17) is 4.74 Å². The van der Waals surface area contributed by atoms with Crippen molar-refractivity contribution in [1.29, 1.82) is 0 Å². The Kier molecular flexibility index (Phi) is 3.74. The summed E-state index contributed by atoms with van der Waals surface area (Å²) >= 11 is 0. The molecular weight excluding hydrogens is 221 g/mol. The maximum absolute atomic E-state index is 13.1. The lowest BCUT2D eigenvalue weighted by molar-refractivity contribution is 0.112. The number of carbonyl (C=O) groups is 1. The van der Waals surface area contributed by atoms with Crippen molar-refractivity contribution in [2.24, 2.45) is 0 Å². The molecule has 1 saturated carbocycles. The Morgan fingerprint density at radius 3 is 2.88 bits per heavy atom. The van der Waals surface area contributed by atoms with Crippen LogP contribution >= 0.6 is 0 Å². The average molecular weight is 237 g/mol. The zero-order valence-corrected chi connectivity index (χ0v) is 9.86. The zero-order valence-electron chi connectivity index (χ0n) is 9.86. The molecule has 4 heteroatoms. The minimum atomic E-state index is -0.377. The number of halogens is 1. The molecule has 0 aliphatic heterocycles. The van der Waals surface area contributed by atoms with Gasteiger partial charge >= 0.3 is 0 Å². The van der Waals surface area contributed by atoms with E-state index in [2.05, 4.69) is 4.90 Å². The third kappa shape index (κ3) is 2.82. The van der Waals surface area contributed by atoms with Crippen LogP contribution in [0.2, 0.25) is 0 Å². The minimum absolute atomic E-state index is 0.377. The summed E-state index contributed by atoms with van der Waals surface area (Å²) in [4.78, 5) is 13.1. The van der Waals surface area contributed by atoms with Crippen molar-refractivity contribution in [3.63, 3.8) is 0 Å². The van der Waals surface area contributed by atoms with Crippen LogP contribution in [0.15, 0.2) is 18.2 Å². The molecule has 1 aliphatic rings. The predicted octanol–water partition coefficient (Wildman–Crippen LogP) is 2.25. The molecule has 0 bridgehead atoms. The number of ether oxygens (including phenoxy) is 1.